The summed E-state index contributed by atoms with van der Waals surface area (Å²) < 4.78 is 33.1. The number of hydrogen-bond donors (Lipinski definition) is 0. The molecule has 3 rings (SSSR count). The number of rotatable bonds is 6. The fourth-order valence-corrected chi connectivity index (χ4v) is 4.60. The van der Waals surface area contributed by atoms with Gasteiger partial charge in [0.1, 0.15) is 0 Å². The summed E-state index contributed by atoms with van der Waals surface area (Å²) in [6, 6.07) is 12.1. The van der Waals surface area contributed by atoms with E-state index in [4.69, 9.17) is 4.52 Å². The Hall–Kier alpha value is -2.51. The van der Waals surface area contributed by atoms with E-state index in [-0.39, 0.29) is 10.9 Å². The lowest BCUT2D eigenvalue weighted by molar-refractivity contribution is 0.360. The smallest absolute Gasteiger partial charge is 0.243 e. The molecule has 1 aromatic carbocycles. The third kappa shape index (κ3) is 3.40. The number of hydrogen-bond acceptors (Lipinski definition) is 5. The van der Waals surface area contributed by atoms with Crippen molar-refractivity contribution in [3.8, 4) is 11.3 Å². The molecule has 0 N–H and O–H groups in total. The molecular formula is C19H21N3O3S. The number of aromatic nitrogens is 2. The van der Waals surface area contributed by atoms with Crippen LogP contribution in [0, 0.1) is 6.92 Å². The number of benzene rings is 1. The van der Waals surface area contributed by atoms with Crippen LogP contribution in [-0.2, 0) is 10.0 Å². The maximum absolute atomic E-state index is 13.3. The SMILES string of the molecule is CCC(c1ccccn1)N(C)S(=O)(=O)c1cc(-c2ccno2)ccc1C. The minimum Gasteiger partial charge on any atom is -0.356 e. The molecule has 6 nitrogen and oxygen atoms in total. The molecule has 1 unspecified atom stereocenters. The Kier molecular flexibility index (Phi) is 5.20. The lowest BCUT2D eigenvalue weighted by Gasteiger charge is -2.27. The highest BCUT2D eigenvalue weighted by Crippen LogP contribution is 2.31. The largest absolute Gasteiger partial charge is 0.356 e. The van der Waals surface area contributed by atoms with E-state index < -0.39 is 10.0 Å². The molecule has 26 heavy (non-hydrogen) atoms. The lowest BCUT2D eigenvalue weighted by Crippen LogP contribution is -2.32. The predicted molar refractivity (Wildman–Crippen MR) is 98.9 cm³/mol. The van der Waals surface area contributed by atoms with Crippen molar-refractivity contribution in [2.75, 3.05) is 7.05 Å². The molecule has 0 spiro atoms. The van der Waals surface area contributed by atoms with E-state index in [0.29, 0.717) is 23.3 Å². The Labute approximate surface area is 153 Å². The number of pyridine rings is 1. The molecule has 0 aliphatic rings. The van der Waals surface area contributed by atoms with Crippen molar-refractivity contribution in [1.29, 1.82) is 0 Å². The normalized spacial score (nSPS) is 13.1. The fourth-order valence-electron chi connectivity index (χ4n) is 2.94. The molecule has 0 amide bonds. The summed E-state index contributed by atoms with van der Waals surface area (Å²) in [5.74, 6) is 0.529. The number of nitrogens with zero attached hydrogens (tertiary/aromatic N) is 3. The van der Waals surface area contributed by atoms with E-state index in [1.165, 1.54) is 10.5 Å². The summed E-state index contributed by atoms with van der Waals surface area (Å²) in [6.45, 7) is 3.73. The highest BCUT2D eigenvalue weighted by Gasteiger charge is 2.30. The monoisotopic (exact) mass is 371 g/mol. The van der Waals surface area contributed by atoms with Crippen LogP contribution < -0.4 is 0 Å². The third-order valence-electron chi connectivity index (χ3n) is 4.42. The van der Waals surface area contributed by atoms with Crippen molar-refractivity contribution in [2.45, 2.75) is 31.2 Å². The first-order chi connectivity index (χ1) is 12.4. The Morgan fingerprint density at radius 2 is 1.96 bits per heavy atom. The second-order valence-corrected chi connectivity index (χ2v) is 8.02. The molecule has 0 saturated heterocycles. The van der Waals surface area contributed by atoms with Gasteiger partial charge in [0.25, 0.3) is 0 Å². The molecule has 2 aromatic heterocycles. The van der Waals surface area contributed by atoms with Crippen molar-refractivity contribution in [3.05, 3.63) is 66.1 Å². The topological polar surface area (TPSA) is 76.3 Å². The van der Waals surface area contributed by atoms with Crippen molar-refractivity contribution < 1.29 is 12.9 Å². The summed E-state index contributed by atoms with van der Waals surface area (Å²) in [7, 11) is -2.12. The molecule has 1 atom stereocenters. The fraction of sp³-hybridized carbons (Fsp3) is 0.263. The third-order valence-corrected chi connectivity index (χ3v) is 6.43. The Morgan fingerprint density at radius 1 is 1.15 bits per heavy atom. The van der Waals surface area contributed by atoms with E-state index in [1.807, 2.05) is 31.2 Å². The van der Waals surface area contributed by atoms with Crippen LogP contribution in [0.2, 0.25) is 0 Å². The van der Waals surface area contributed by atoms with E-state index in [2.05, 4.69) is 10.1 Å². The molecule has 3 aromatic rings. The van der Waals surface area contributed by atoms with Gasteiger partial charge in [0.15, 0.2) is 5.76 Å². The first-order valence-electron chi connectivity index (χ1n) is 8.35. The van der Waals surface area contributed by atoms with E-state index >= 15 is 0 Å². The highest BCUT2D eigenvalue weighted by atomic mass is 32.2. The van der Waals surface area contributed by atoms with Gasteiger partial charge in [-0.3, -0.25) is 4.98 Å². The van der Waals surface area contributed by atoms with Crippen LogP contribution in [0.3, 0.4) is 0 Å². The van der Waals surface area contributed by atoms with Gasteiger partial charge in [0.05, 0.1) is 22.8 Å². The predicted octanol–water partition coefficient (Wildman–Crippen LogP) is 3.82. The average Bonchev–Trinajstić information content (AvgIpc) is 3.18. The first kappa shape index (κ1) is 18.3. The molecule has 0 fully saturated rings. The van der Waals surface area contributed by atoms with E-state index in [1.54, 1.807) is 38.4 Å². The van der Waals surface area contributed by atoms with Gasteiger partial charge in [0.2, 0.25) is 10.0 Å². The van der Waals surface area contributed by atoms with Gasteiger partial charge in [-0.15, -0.1) is 0 Å². The zero-order chi connectivity index (χ0) is 18.7. The maximum atomic E-state index is 13.3. The van der Waals surface area contributed by atoms with Crippen LogP contribution in [0.25, 0.3) is 11.3 Å². The van der Waals surface area contributed by atoms with Gasteiger partial charge in [-0.1, -0.05) is 30.3 Å². The van der Waals surface area contributed by atoms with Crippen LogP contribution in [0.1, 0.15) is 30.6 Å². The van der Waals surface area contributed by atoms with Gasteiger partial charge in [0, 0.05) is 24.9 Å². The first-order valence-corrected chi connectivity index (χ1v) is 9.79. The quantitative estimate of drug-likeness (QED) is 0.658. The zero-order valence-electron chi connectivity index (χ0n) is 15.0. The van der Waals surface area contributed by atoms with Crippen molar-refractivity contribution in [1.82, 2.24) is 14.4 Å². The molecule has 0 aliphatic heterocycles. The Bertz CT molecular complexity index is 971. The van der Waals surface area contributed by atoms with Crippen molar-refractivity contribution in [3.63, 3.8) is 0 Å². The molecule has 2 heterocycles. The molecule has 0 saturated carbocycles. The molecule has 0 bridgehead atoms. The minimum absolute atomic E-state index is 0.253. The molecule has 0 aliphatic carbocycles. The van der Waals surface area contributed by atoms with Crippen LogP contribution in [0.5, 0.6) is 0 Å². The summed E-state index contributed by atoms with van der Waals surface area (Å²) in [4.78, 5) is 4.58. The summed E-state index contributed by atoms with van der Waals surface area (Å²) in [5.41, 5.74) is 2.08. The van der Waals surface area contributed by atoms with Gasteiger partial charge >= 0.3 is 0 Å². The standard InChI is InChI=1S/C19H21N3O3S/c1-4-17(16-7-5-6-11-20-16)22(3)26(23,24)19-13-15(9-8-14(19)2)18-10-12-21-25-18/h5-13,17H,4H2,1-3H3. The second kappa shape index (κ2) is 7.39. The molecular weight excluding hydrogens is 350 g/mol. The van der Waals surface area contributed by atoms with Gasteiger partial charge in [-0.2, -0.15) is 4.31 Å². The van der Waals surface area contributed by atoms with Crippen molar-refractivity contribution >= 4 is 10.0 Å². The van der Waals surface area contributed by atoms with Gasteiger partial charge < -0.3 is 4.52 Å². The van der Waals surface area contributed by atoms with Crippen LogP contribution in [0.15, 0.2) is 64.3 Å². The lowest BCUT2D eigenvalue weighted by atomic mass is 10.1. The second-order valence-electron chi connectivity index (χ2n) is 6.06. The van der Waals surface area contributed by atoms with Gasteiger partial charge in [-0.25, -0.2) is 8.42 Å². The molecule has 0 radical (unpaired) electrons. The highest BCUT2D eigenvalue weighted by molar-refractivity contribution is 7.89. The Balaban J connectivity index is 2.03. The molecule has 136 valence electrons. The minimum atomic E-state index is -3.71. The van der Waals surface area contributed by atoms with Crippen LogP contribution >= 0.6 is 0 Å². The van der Waals surface area contributed by atoms with Gasteiger partial charge in [-0.05, 0) is 37.1 Å². The van der Waals surface area contributed by atoms with E-state index in [0.717, 1.165) is 5.69 Å². The summed E-state index contributed by atoms with van der Waals surface area (Å²) in [6.07, 6.45) is 3.82. The zero-order valence-corrected chi connectivity index (χ0v) is 15.8. The number of aryl methyl sites for hydroxylation is 1. The molecule has 7 heteroatoms. The number of sulfonamides is 1. The summed E-state index contributed by atoms with van der Waals surface area (Å²) >= 11 is 0. The summed E-state index contributed by atoms with van der Waals surface area (Å²) in [5, 5.41) is 3.69. The average molecular weight is 371 g/mol. The van der Waals surface area contributed by atoms with Crippen LogP contribution in [-0.4, -0.2) is 29.9 Å². The van der Waals surface area contributed by atoms with E-state index in [9.17, 15) is 8.42 Å². The van der Waals surface area contributed by atoms with Crippen molar-refractivity contribution in [2.24, 2.45) is 0 Å². The Morgan fingerprint density at radius 3 is 2.58 bits per heavy atom. The van der Waals surface area contributed by atoms with Crippen LogP contribution in [0.4, 0.5) is 0 Å². The maximum Gasteiger partial charge on any atom is 0.243 e.